The Morgan fingerprint density at radius 1 is 0.731 bits per heavy atom. The first kappa shape index (κ1) is 35.9. The molecule has 1 radical (unpaired) electrons. The molecular weight excluding hydrogens is 819 g/mol. The van der Waals surface area contributed by atoms with Gasteiger partial charge in [0.2, 0.25) is 0 Å². The summed E-state index contributed by atoms with van der Waals surface area (Å²) in [6.07, 6.45) is 4.27. The Morgan fingerprint density at radius 2 is 1.33 bits per heavy atom. The second kappa shape index (κ2) is 16.4. The number of benzene rings is 6. The number of hydrogen-bond acceptors (Lipinski definition) is 4. The number of aromatic nitrogens is 3. The fourth-order valence-electron chi connectivity index (χ4n) is 6.22. The summed E-state index contributed by atoms with van der Waals surface area (Å²) in [4.78, 5) is 20.8. The maximum atomic E-state index is 10.7. The molecule has 1 N–H and O–H groups in total. The number of para-hydroxylation sites is 2. The van der Waals surface area contributed by atoms with Gasteiger partial charge in [-0.25, -0.2) is 0 Å². The molecule has 0 saturated heterocycles. The third kappa shape index (κ3) is 8.00. The number of ketones is 1. The Labute approximate surface area is 317 Å². The van der Waals surface area contributed by atoms with Gasteiger partial charge >= 0.3 is 0 Å². The van der Waals surface area contributed by atoms with Crippen molar-refractivity contribution in [2.24, 2.45) is 0 Å². The molecule has 5 nitrogen and oxygen atoms in total. The van der Waals surface area contributed by atoms with E-state index in [0.29, 0.717) is 6.42 Å². The minimum absolute atomic E-state index is 0. The summed E-state index contributed by atoms with van der Waals surface area (Å²) in [7, 11) is 0. The SMILES string of the molecule is C=Cc1ccc(CCC(O)=CC(C)=O)cc1.[Ir].[c-]1cccc2nc(-c3cc(-c4ccccc4)cc(-c4ccccc4)c3)n3c4ccccc4nc3c12. The predicted octanol–water partition coefficient (Wildman–Crippen LogP) is 11.1. The molecule has 52 heavy (non-hydrogen) atoms. The first-order chi connectivity index (χ1) is 25.0. The number of fused-ring (bicyclic) bond motifs is 5. The largest absolute Gasteiger partial charge is 0.512 e. The number of hydrogen-bond donors (Lipinski definition) is 1. The van der Waals surface area contributed by atoms with Crippen LogP contribution in [-0.4, -0.2) is 25.3 Å². The molecule has 8 aromatic rings. The monoisotopic (exact) mass is 855 g/mol. The summed E-state index contributed by atoms with van der Waals surface area (Å²) in [5.41, 5.74) is 11.7. The standard InChI is InChI=1S/C32H20N3.C14H16O2.Ir/c1-3-11-22(12-4-1)24-19-25(23-13-5-2-6-14-23)21-26(20-24)31-33-28-16-8-7-15-27(28)32-34-29-17-9-10-18-30(29)35(31)32;1-3-12-4-6-13(7-5-12)8-9-14(16)10-11(2)15;/h1-14,16-21H;3-7,10,16H,1,8-9H2,2H3;/q-1;;. The Bertz CT molecular complexity index is 2460. The first-order valence-corrected chi connectivity index (χ1v) is 16.9. The van der Waals surface area contributed by atoms with Crippen molar-refractivity contribution in [2.75, 3.05) is 0 Å². The normalized spacial score (nSPS) is 11.1. The zero-order valence-corrected chi connectivity index (χ0v) is 31.1. The van der Waals surface area contributed by atoms with Crippen LogP contribution in [0.1, 0.15) is 24.5 Å². The van der Waals surface area contributed by atoms with Crippen LogP contribution in [0, 0.1) is 6.07 Å². The van der Waals surface area contributed by atoms with Crippen molar-refractivity contribution in [1.29, 1.82) is 0 Å². The Morgan fingerprint density at radius 3 is 1.96 bits per heavy atom. The molecule has 257 valence electrons. The van der Waals surface area contributed by atoms with Gasteiger partial charge in [0.25, 0.3) is 0 Å². The van der Waals surface area contributed by atoms with E-state index in [4.69, 9.17) is 9.97 Å². The summed E-state index contributed by atoms with van der Waals surface area (Å²) in [5.74, 6) is 0.885. The van der Waals surface area contributed by atoms with Crippen molar-refractivity contribution in [3.63, 3.8) is 0 Å². The number of rotatable bonds is 8. The zero-order chi connectivity index (χ0) is 35.2. The van der Waals surface area contributed by atoms with E-state index < -0.39 is 0 Å². The van der Waals surface area contributed by atoms with Gasteiger partial charge in [-0.1, -0.05) is 115 Å². The van der Waals surface area contributed by atoms with Crippen molar-refractivity contribution >= 4 is 39.4 Å². The molecule has 0 unspecified atom stereocenters. The van der Waals surface area contributed by atoms with Crippen molar-refractivity contribution in [2.45, 2.75) is 19.8 Å². The van der Waals surface area contributed by atoms with Gasteiger partial charge in [0.15, 0.2) is 5.78 Å². The van der Waals surface area contributed by atoms with E-state index in [1.807, 2.05) is 60.7 Å². The number of nitrogens with zero attached hydrogens (tertiary/aromatic N) is 3. The number of carbonyl (C=O) groups is 1. The minimum Gasteiger partial charge on any atom is -0.512 e. The van der Waals surface area contributed by atoms with Crippen molar-refractivity contribution < 1.29 is 30.0 Å². The summed E-state index contributed by atoms with van der Waals surface area (Å²) in [6, 6.07) is 53.2. The minimum atomic E-state index is -0.125. The topological polar surface area (TPSA) is 67.5 Å². The van der Waals surface area contributed by atoms with E-state index in [2.05, 4.69) is 102 Å². The molecule has 6 aromatic carbocycles. The quantitative estimate of drug-likeness (QED) is 0.0939. The van der Waals surface area contributed by atoms with Crippen LogP contribution in [0.4, 0.5) is 0 Å². The second-order valence-corrected chi connectivity index (χ2v) is 12.3. The average molecular weight is 855 g/mol. The van der Waals surface area contributed by atoms with Gasteiger partial charge in [-0.3, -0.25) is 14.8 Å². The van der Waals surface area contributed by atoms with E-state index in [-0.39, 0.29) is 31.6 Å². The van der Waals surface area contributed by atoms with Crippen LogP contribution in [0.2, 0.25) is 0 Å². The van der Waals surface area contributed by atoms with Gasteiger partial charge in [0.05, 0.1) is 22.4 Å². The van der Waals surface area contributed by atoms with Crippen molar-refractivity contribution in [3.05, 3.63) is 181 Å². The Kier molecular flexibility index (Phi) is 11.3. The predicted molar refractivity (Wildman–Crippen MR) is 209 cm³/mol. The molecule has 0 amide bonds. The van der Waals surface area contributed by atoms with Crippen LogP contribution >= 0.6 is 0 Å². The molecule has 0 spiro atoms. The number of imidazole rings is 1. The third-order valence-electron chi connectivity index (χ3n) is 8.72. The molecule has 6 heteroatoms. The number of aryl methyl sites for hydroxylation is 1. The first-order valence-electron chi connectivity index (χ1n) is 16.9. The van der Waals surface area contributed by atoms with Crippen LogP contribution in [-0.2, 0) is 31.3 Å². The maximum absolute atomic E-state index is 10.7. The van der Waals surface area contributed by atoms with Crippen LogP contribution in [0.25, 0.3) is 67.3 Å². The number of allylic oxidation sites excluding steroid dienone is 2. The molecule has 0 bridgehead atoms. The summed E-state index contributed by atoms with van der Waals surface area (Å²) in [6.45, 7) is 5.11. The Balaban J connectivity index is 0.000000233. The van der Waals surface area contributed by atoms with E-state index in [9.17, 15) is 9.90 Å². The van der Waals surface area contributed by atoms with Crippen LogP contribution in [0.3, 0.4) is 0 Å². The molecule has 8 rings (SSSR count). The molecule has 0 aliphatic heterocycles. The van der Waals surface area contributed by atoms with E-state index in [1.165, 1.54) is 24.1 Å². The molecule has 2 heterocycles. The average Bonchev–Trinajstić information content (AvgIpc) is 3.58. The summed E-state index contributed by atoms with van der Waals surface area (Å²) >= 11 is 0. The number of carbonyl (C=O) groups excluding carboxylic acids is 1. The van der Waals surface area contributed by atoms with Crippen LogP contribution in [0.5, 0.6) is 0 Å². The van der Waals surface area contributed by atoms with Crippen molar-refractivity contribution in [1.82, 2.24) is 14.4 Å². The number of aliphatic hydroxyl groups is 1. The third-order valence-corrected chi connectivity index (χ3v) is 8.72. The summed E-state index contributed by atoms with van der Waals surface area (Å²) < 4.78 is 2.17. The fraction of sp³-hybridized carbons (Fsp3) is 0.0652. The van der Waals surface area contributed by atoms with Gasteiger partial charge in [-0.05, 0) is 82.6 Å². The molecule has 0 atom stereocenters. The molecule has 0 fully saturated rings. The van der Waals surface area contributed by atoms with Gasteiger partial charge in [-0.15, -0.1) is 24.3 Å². The molecule has 0 saturated carbocycles. The summed E-state index contributed by atoms with van der Waals surface area (Å²) in [5, 5.41) is 10.3. The van der Waals surface area contributed by atoms with Crippen molar-refractivity contribution in [3.8, 4) is 33.6 Å². The van der Waals surface area contributed by atoms with Crippen LogP contribution in [0.15, 0.2) is 164 Å². The van der Waals surface area contributed by atoms with E-state index in [1.54, 1.807) is 6.08 Å². The van der Waals surface area contributed by atoms with Gasteiger partial charge in [0.1, 0.15) is 5.82 Å². The number of aliphatic hydroxyl groups excluding tert-OH is 1. The van der Waals surface area contributed by atoms with Gasteiger partial charge in [-0.2, -0.15) is 0 Å². The second-order valence-electron chi connectivity index (χ2n) is 12.3. The Hall–Kier alpha value is -5.94. The zero-order valence-electron chi connectivity index (χ0n) is 28.7. The van der Waals surface area contributed by atoms with E-state index >= 15 is 0 Å². The molecule has 2 aromatic heterocycles. The van der Waals surface area contributed by atoms with Gasteiger partial charge in [0, 0.05) is 38.2 Å². The molecular formula is C46H36IrN3O2-. The smallest absolute Gasteiger partial charge is 0.155 e. The molecule has 0 aliphatic rings. The van der Waals surface area contributed by atoms with Gasteiger partial charge < -0.3 is 9.51 Å². The fourth-order valence-corrected chi connectivity index (χ4v) is 6.22. The van der Waals surface area contributed by atoms with E-state index in [0.717, 1.165) is 67.6 Å². The molecule has 0 aliphatic carbocycles. The van der Waals surface area contributed by atoms with Crippen LogP contribution < -0.4 is 0 Å². The maximum Gasteiger partial charge on any atom is 0.155 e.